The number of amides is 1. The van der Waals surface area contributed by atoms with Crippen LogP contribution in [0.2, 0.25) is 0 Å². The van der Waals surface area contributed by atoms with Crippen molar-refractivity contribution in [3.63, 3.8) is 0 Å². The zero-order valence-electron chi connectivity index (χ0n) is 14.4. The first-order valence-corrected chi connectivity index (χ1v) is 9.91. The number of hydrogen-bond acceptors (Lipinski definition) is 4. The Labute approximate surface area is 157 Å². The van der Waals surface area contributed by atoms with Gasteiger partial charge in [0.05, 0.1) is 16.4 Å². The summed E-state index contributed by atoms with van der Waals surface area (Å²) in [6.07, 6.45) is 1.12. The minimum Gasteiger partial charge on any atom is -0.326 e. The number of nitriles is 1. The largest absolute Gasteiger partial charge is 0.326 e. The van der Waals surface area contributed by atoms with Crippen molar-refractivity contribution >= 4 is 21.6 Å². The van der Waals surface area contributed by atoms with Crippen LogP contribution in [0.3, 0.4) is 0 Å². The highest BCUT2D eigenvalue weighted by Crippen LogP contribution is 2.25. The van der Waals surface area contributed by atoms with Gasteiger partial charge in [-0.3, -0.25) is 4.79 Å². The second-order valence-electron chi connectivity index (χ2n) is 6.31. The molecule has 27 heavy (non-hydrogen) atoms. The molecule has 0 aliphatic carbocycles. The van der Waals surface area contributed by atoms with Crippen LogP contribution in [0.15, 0.2) is 53.4 Å². The van der Waals surface area contributed by atoms with Crippen molar-refractivity contribution in [2.75, 3.05) is 18.4 Å². The Morgan fingerprint density at radius 2 is 1.96 bits per heavy atom. The van der Waals surface area contributed by atoms with Crippen LogP contribution in [-0.2, 0) is 14.8 Å². The molecule has 1 fully saturated rings. The summed E-state index contributed by atoms with van der Waals surface area (Å²) < 4.78 is 40.2. The van der Waals surface area contributed by atoms with Gasteiger partial charge >= 0.3 is 0 Å². The van der Waals surface area contributed by atoms with Crippen molar-refractivity contribution in [1.29, 1.82) is 5.26 Å². The molecular formula is C19H18FN3O3S. The van der Waals surface area contributed by atoms with E-state index in [1.165, 1.54) is 28.6 Å². The lowest BCUT2D eigenvalue weighted by Crippen LogP contribution is -2.43. The summed E-state index contributed by atoms with van der Waals surface area (Å²) in [5.74, 6) is -1.53. The van der Waals surface area contributed by atoms with Gasteiger partial charge < -0.3 is 5.32 Å². The van der Waals surface area contributed by atoms with E-state index in [0.717, 1.165) is 6.07 Å². The van der Waals surface area contributed by atoms with Crippen molar-refractivity contribution in [1.82, 2.24) is 4.31 Å². The molecule has 0 bridgehead atoms. The predicted octanol–water partition coefficient (Wildman–Crippen LogP) is 2.74. The normalized spacial score (nSPS) is 17.9. The lowest BCUT2D eigenvalue weighted by molar-refractivity contribution is -0.120. The fourth-order valence-electron chi connectivity index (χ4n) is 3.05. The van der Waals surface area contributed by atoms with E-state index in [-0.39, 0.29) is 22.9 Å². The first-order chi connectivity index (χ1) is 12.9. The van der Waals surface area contributed by atoms with E-state index in [1.54, 1.807) is 24.3 Å². The molecule has 0 saturated carbocycles. The summed E-state index contributed by atoms with van der Waals surface area (Å²) in [4.78, 5) is 12.7. The lowest BCUT2D eigenvalue weighted by atomic mass is 9.98. The third-order valence-corrected chi connectivity index (χ3v) is 6.37. The van der Waals surface area contributed by atoms with Gasteiger partial charge in [0.2, 0.25) is 15.9 Å². The Hall–Kier alpha value is -2.76. The zero-order valence-corrected chi connectivity index (χ0v) is 15.2. The molecular weight excluding hydrogens is 369 g/mol. The Bertz CT molecular complexity index is 987. The molecule has 2 aromatic carbocycles. The van der Waals surface area contributed by atoms with Crippen LogP contribution in [-0.4, -0.2) is 31.7 Å². The number of sulfonamides is 1. The highest BCUT2D eigenvalue weighted by Gasteiger charge is 2.33. The van der Waals surface area contributed by atoms with Gasteiger partial charge in [-0.15, -0.1) is 0 Å². The van der Waals surface area contributed by atoms with Crippen LogP contribution in [0.1, 0.15) is 18.4 Å². The molecule has 6 nitrogen and oxygen atoms in total. The van der Waals surface area contributed by atoms with Gasteiger partial charge in [0.25, 0.3) is 0 Å². The molecule has 1 unspecified atom stereocenters. The number of carbonyl (C=O) groups is 1. The molecule has 1 amide bonds. The van der Waals surface area contributed by atoms with E-state index < -0.39 is 21.8 Å². The highest BCUT2D eigenvalue weighted by molar-refractivity contribution is 7.89. The fourth-order valence-corrected chi connectivity index (χ4v) is 4.59. The summed E-state index contributed by atoms with van der Waals surface area (Å²) in [5.41, 5.74) is 0.144. The smallest absolute Gasteiger partial charge is 0.243 e. The number of piperidine rings is 1. The van der Waals surface area contributed by atoms with Crippen LogP contribution in [0.4, 0.5) is 10.1 Å². The van der Waals surface area contributed by atoms with Crippen LogP contribution in [0.5, 0.6) is 0 Å². The third-order valence-electron chi connectivity index (χ3n) is 4.49. The predicted molar refractivity (Wildman–Crippen MR) is 97.7 cm³/mol. The molecule has 0 aromatic heterocycles. The van der Waals surface area contributed by atoms with Gasteiger partial charge in [-0.25, -0.2) is 12.8 Å². The Morgan fingerprint density at radius 3 is 2.67 bits per heavy atom. The van der Waals surface area contributed by atoms with Crippen LogP contribution in [0.25, 0.3) is 0 Å². The second kappa shape index (κ2) is 7.86. The summed E-state index contributed by atoms with van der Waals surface area (Å²) in [6.45, 7) is 0.436. The number of hydrogen-bond donors (Lipinski definition) is 1. The molecule has 1 heterocycles. The van der Waals surface area contributed by atoms with Crippen molar-refractivity contribution < 1.29 is 17.6 Å². The average molecular weight is 387 g/mol. The van der Waals surface area contributed by atoms with Gasteiger partial charge in [-0.2, -0.15) is 9.57 Å². The molecule has 3 rings (SSSR count). The van der Waals surface area contributed by atoms with Crippen LogP contribution >= 0.6 is 0 Å². The maximum atomic E-state index is 13.4. The minimum atomic E-state index is -3.66. The van der Waals surface area contributed by atoms with Gasteiger partial charge in [-0.1, -0.05) is 18.2 Å². The van der Waals surface area contributed by atoms with E-state index in [4.69, 9.17) is 5.26 Å². The monoisotopic (exact) mass is 387 g/mol. The summed E-state index contributed by atoms with van der Waals surface area (Å²) in [6, 6.07) is 13.6. The Kier molecular flexibility index (Phi) is 5.54. The quantitative estimate of drug-likeness (QED) is 0.873. The Balaban J connectivity index is 1.73. The van der Waals surface area contributed by atoms with E-state index in [2.05, 4.69) is 5.32 Å². The molecule has 1 saturated heterocycles. The second-order valence-corrected chi connectivity index (χ2v) is 8.25. The number of nitrogens with one attached hydrogen (secondary N) is 1. The molecule has 140 valence electrons. The first-order valence-electron chi connectivity index (χ1n) is 8.47. The number of rotatable bonds is 4. The van der Waals surface area contributed by atoms with Gasteiger partial charge in [0, 0.05) is 18.8 Å². The number of anilines is 1. The number of carbonyl (C=O) groups excluding carboxylic acids is 1. The van der Waals surface area contributed by atoms with E-state index in [1.807, 2.05) is 0 Å². The third kappa shape index (κ3) is 4.15. The molecule has 1 aliphatic heterocycles. The summed E-state index contributed by atoms with van der Waals surface area (Å²) in [7, 11) is -3.66. The van der Waals surface area contributed by atoms with Crippen molar-refractivity contribution in [2.45, 2.75) is 17.7 Å². The standard InChI is InChI=1S/C19H18FN3O3S/c20-18-9-8-16(11-15(18)12-21)22-19(24)14-5-4-10-23(13-14)27(25,26)17-6-2-1-3-7-17/h1-3,6-9,11,14H,4-5,10,13H2,(H,22,24). The molecule has 0 radical (unpaired) electrons. The van der Waals surface area contributed by atoms with E-state index >= 15 is 0 Å². The molecule has 1 N–H and O–H groups in total. The fraction of sp³-hybridized carbons (Fsp3) is 0.263. The number of benzene rings is 2. The average Bonchev–Trinajstić information content (AvgIpc) is 2.70. The number of halogens is 1. The van der Waals surface area contributed by atoms with Crippen LogP contribution < -0.4 is 5.32 Å². The maximum absolute atomic E-state index is 13.4. The minimum absolute atomic E-state index is 0.0787. The Morgan fingerprint density at radius 1 is 1.22 bits per heavy atom. The SMILES string of the molecule is N#Cc1cc(NC(=O)C2CCCN(S(=O)(=O)c3ccccc3)C2)ccc1F. The van der Waals surface area contributed by atoms with Gasteiger partial charge in [0.1, 0.15) is 11.9 Å². The van der Waals surface area contributed by atoms with Crippen molar-refractivity contribution in [3.8, 4) is 6.07 Å². The van der Waals surface area contributed by atoms with Crippen molar-refractivity contribution in [2.24, 2.45) is 5.92 Å². The van der Waals surface area contributed by atoms with Gasteiger partial charge in [0.15, 0.2) is 0 Å². The molecule has 1 atom stereocenters. The molecule has 1 aliphatic rings. The van der Waals surface area contributed by atoms with Gasteiger partial charge in [-0.05, 0) is 43.2 Å². The highest BCUT2D eigenvalue weighted by atomic mass is 32.2. The van der Waals surface area contributed by atoms with Crippen LogP contribution in [0, 0.1) is 23.1 Å². The molecule has 8 heteroatoms. The molecule has 2 aromatic rings. The number of nitrogens with zero attached hydrogens (tertiary/aromatic N) is 2. The summed E-state index contributed by atoms with van der Waals surface area (Å²) in [5, 5.41) is 11.5. The zero-order chi connectivity index (χ0) is 19.4. The van der Waals surface area contributed by atoms with E-state index in [0.29, 0.717) is 25.1 Å². The van der Waals surface area contributed by atoms with Crippen molar-refractivity contribution in [3.05, 3.63) is 59.9 Å². The topological polar surface area (TPSA) is 90.3 Å². The maximum Gasteiger partial charge on any atom is 0.243 e. The summed E-state index contributed by atoms with van der Waals surface area (Å²) >= 11 is 0. The lowest BCUT2D eigenvalue weighted by Gasteiger charge is -2.31. The first kappa shape index (κ1) is 19.0. The molecule has 0 spiro atoms. The van der Waals surface area contributed by atoms with E-state index in [9.17, 15) is 17.6 Å².